The van der Waals surface area contributed by atoms with Crippen LogP contribution in [-0.2, 0) is 9.59 Å². The maximum absolute atomic E-state index is 13.2. The van der Waals surface area contributed by atoms with Gasteiger partial charge in [-0.05, 0) is 62.3 Å². The van der Waals surface area contributed by atoms with Crippen molar-refractivity contribution in [2.45, 2.75) is 32.2 Å². The van der Waals surface area contributed by atoms with Gasteiger partial charge in [-0.3, -0.25) is 9.59 Å². The standard InChI is InChI=1S/C26H31ClN2O4/c1-16(2)17-7-9-18(10-8-17)23-22(24(30)20-15-19(27)11-12-21(20)33-5)25(31)26(32)29(23)14-6-13-28(3)4/h7-12,15-16,23,30H,6,13-14H2,1-5H3/b24-22+. The fourth-order valence-electron chi connectivity index (χ4n) is 4.09. The van der Waals surface area contributed by atoms with E-state index in [0.717, 1.165) is 17.7 Å². The number of ketones is 1. The Kier molecular flexibility index (Phi) is 7.82. The third-order valence-electron chi connectivity index (χ3n) is 5.88. The van der Waals surface area contributed by atoms with Gasteiger partial charge in [0.25, 0.3) is 11.7 Å². The second kappa shape index (κ2) is 10.4. The highest BCUT2D eigenvalue weighted by Gasteiger charge is 2.46. The van der Waals surface area contributed by atoms with Crippen LogP contribution in [-0.4, -0.2) is 60.9 Å². The molecule has 0 spiro atoms. The molecular weight excluding hydrogens is 440 g/mol. The van der Waals surface area contributed by atoms with Crippen molar-refractivity contribution >= 4 is 29.1 Å². The monoisotopic (exact) mass is 470 g/mol. The Labute approximate surface area is 200 Å². The van der Waals surface area contributed by atoms with Crippen LogP contribution in [0.2, 0.25) is 5.02 Å². The Bertz CT molecular complexity index is 1060. The molecule has 1 fully saturated rings. The van der Waals surface area contributed by atoms with Gasteiger partial charge in [0.05, 0.1) is 24.3 Å². The average Bonchev–Trinajstić information content (AvgIpc) is 3.03. The van der Waals surface area contributed by atoms with Gasteiger partial charge in [-0.2, -0.15) is 0 Å². The minimum atomic E-state index is -0.711. The van der Waals surface area contributed by atoms with Gasteiger partial charge in [-0.25, -0.2) is 0 Å². The van der Waals surface area contributed by atoms with Crippen molar-refractivity contribution in [1.29, 1.82) is 0 Å². The Morgan fingerprint density at radius 1 is 1.15 bits per heavy atom. The Morgan fingerprint density at radius 2 is 1.82 bits per heavy atom. The van der Waals surface area contributed by atoms with Crippen LogP contribution >= 0.6 is 11.6 Å². The van der Waals surface area contributed by atoms with Crippen molar-refractivity contribution < 1.29 is 19.4 Å². The molecule has 33 heavy (non-hydrogen) atoms. The number of halogens is 1. The van der Waals surface area contributed by atoms with Gasteiger partial charge in [0.1, 0.15) is 11.5 Å². The lowest BCUT2D eigenvalue weighted by molar-refractivity contribution is -0.139. The van der Waals surface area contributed by atoms with Gasteiger partial charge < -0.3 is 19.6 Å². The van der Waals surface area contributed by atoms with Crippen molar-refractivity contribution in [3.05, 3.63) is 69.8 Å². The van der Waals surface area contributed by atoms with Crippen molar-refractivity contribution in [2.75, 3.05) is 34.3 Å². The largest absolute Gasteiger partial charge is 0.507 e. The van der Waals surface area contributed by atoms with Gasteiger partial charge in [0.2, 0.25) is 0 Å². The van der Waals surface area contributed by atoms with Crippen LogP contribution in [0.25, 0.3) is 5.76 Å². The molecule has 1 saturated heterocycles. The average molecular weight is 471 g/mol. The number of Topliss-reactive ketones (excluding diaryl/α,β-unsaturated/α-hetero) is 1. The maximum Gasteiger partial charge on any atom is 0.295 e. The van der Waals surface area contributed by atoms with Gasteiger partial charge in [-0.15, -0.1) is 0 Å². The number of aliphatic hydroxyl groups is 1. The Hall–Kier alpha value is -2.83. The van der Waals surface area contributed by atoms with E-state index in [1.165, 1.54) is 13.2 Å². The first-order valence-corrected chi connectivity index (χ1v) is 11.4. The molecule has 2 aromatic carbocycles. The summed E-state index contributed by atoms with van der Waals surface area (Å²) in [5.74, 6) is -0.905. The van der Waals surface area contributed by atoms with Crippen LogP contribution in [0.5, 0.6) is 5.75 Å². The molecular formula is C26H31ClN2O4. The predicted octanol–water partition coefficient (Wildman–Crippen LogP) is 4.85. The molecule has 6 nitrogen and oxygen atoms in total. The highest BCUT2D eigenvalue weighted by molar-refractivity contribution is 6.46. The summed E-state index contributed by atoms with van der Waals surface area (Å²) in [6, 6.07) is 11.9. The molecule has 1 atom stereocenters. The summed E-state index contributed by atoms with van der Waals surface area (Å²) in [6.45, 7) is 5.37. The second-order valence-corrected chi connectivity index (χ2v) is 9.25. The van der Waals surface area contributed by atoms with E-state index in [2.05, 4.69) is 13.8 Å². The van der Waals surface area contributed by atoms with Crippen molar-refractivity contribution in [1.82, 2.24) is 9.80 Å². The second-order valence-electron chi connectivity index (χ2n) is 8.82. The van der Waals surface area contributed by atoms with E-state index in [4.69, 9.17) is 16.3 Å². The topological polar surface area (TPSA) is 70.1 Å². The SMILES string of the molecule is COc1ccc(Cl)cc1/C(O)=C1\C(=O)C(=O)N(CCCN(C)C)C1c1ccc(C(C)C)cc1. The van der Waals surface area contributed by atoms with Crippen molar-refractivity contribution in [2.24, 2.45) is 0 Å². The summed E-state index contributed by atoms with van der Waals surface area (Å²) in [7, 11) is 5.39. The molecule has 0 bridgehead atoms. The van der Waals surface area contributed by atoms with Gasteiger partial charge >= 0.3 is 0 Å². The zero-order valence-corrected chi connectivity index (χ0v) is 20.5. The zero-order chi connectivity index (χ0) is 24.3. The number of hydrogen-bond donors (Lipinski definition) is 1. The van der Waals surface area contributed by atoms with Crippen molar-refractivity contribution in [3.63, 3.8) is 0 Å². The number of likely N-dealkylation sites (tertiary alicyclic amines) is 1. The summed E-state index contributed by atoms with van der Waals surface area (Å²) in [6.07, 6.45) is 0.696. The molecule has 1 aliphatic rings. The van der Waals surface area contributed by atoms with Crippen LogP contribution in [0.1, 0.15) is 48.9 Å². The van der Waals surface area contributed by atoms with Crippen LogP contribution in [0.4, 0.5) is 0 Å². The summed E-state index contributed by atoms with van der Waals surface area (Å²) in [4.78, 5) is 29.8. The number of methoxy groups -OCH3 is 1. The first kappa shape index (κ1) is 24.8. The van der Waals surface area contributed by atoms with Crippen LogP contribution in [0.15, 0.2) is 48.0 Å². The molecule has 1 amide bonds. The smallest absolute Gasteiger partial charge is 0.295 e. The predicted molar refractivity (Wildman–Crippen MR) is 131 cm³/mol. The van der Waals surface area contributed by atoms with E-state index >= 15 is 0 Å². The third kappa shape index (κ3) is 5.23. The van der Waals surface area contributed by atoms with Gasteiger partial charge in [-0.1, -0.05) is 49.7 Å². The number of nitrogens with zero attached hydrogens (tertiary/aromatic N) is 2. The number of carbonyl (C=O) groups is 2. The van der Waals surface area contributed by atoms with E-state index in [1.807, 2.05) is 43.3 Å². The van der Waals surface area contributed by atoms with Crippen molar-refractivity contribution in [3.8, 4) is 5.75 Å². The van der Waals surface area contributed by atoms with Crippen LogP contribution < -0.4 is 4.74 Å². The Morgan fingerprint density at radius 3 is 2.39 bits per heavy atom. The van der Waals surface area contributed by atoms with Gasteiger partial charge in [0.15, 0.2) is 0 Å². The zero-order valence-electron chi connectivity index (χ0n) is 19.8. The normalized spacial score (nSPS) is 17.9. The van der Waals surface area contributed by atoms with E-state index in [-0.39, 0.29) is 16.9 Å². The highest BCUT2D eigenvalue weighted by atomic mass is 35.5. The number of ether oxygens (including phenoxy) is 1. The first-order valence-electron chi connectivity index (χ1n) is 11.0. The number of benzene rings is 2. The van der Waals surface area contributed by atoms with E-state index in [9.17, 15) is 14.7 Å². The van der Waals surface area contributed by atoms with Crippen LogP contribution in [0, 0.1) is 0 Å². The van der Waals surface area contributed by atoms with Gasteiger partial charge in [0, 0.05) is 11.6 Å². The number of aliphatic hydroxyl groups excluding tert-OH is 1. The molecule has 0 aliphatic carbocycles. The third-order valence-corrected chi connectivity index (χ3v) is 6.11. The molecule has 1 heterocycles. The summed E-state index contributed by atoms with van der Waals surface area (Å²) in [5.41, 5.74) is 2.24. The summed E-state index contributed by atoms with van der Waals surface area (Å²) in [5, 5.41) is 11.7. The molecule has 176 valence electrons. The molecule has 2 aromatic rings. The summed E-state index contributed by atoms with van der Waals surface area (Å²) < 4.78 is 5.38. The first-order chi connectivity index (χ1) is 15.6. The highest BCUT2D eigenvalue weighted by Crippen LogP contribution is 2.41. The molecule has 1 N–H and O–H groups in total. The lowest BCUT2D eigenvalue weighted by Crippen LogP contribution is -2.32. The van der Waals surface area contributed by atoms with E-state index < -0.39 is 17.7 Å². The summed E-state index contributed by atoms with van der Waals surface area (Å²) >= 11 is 6.16. The fraction of sp³-hybridized carbons (Fsp3) is 0.385. The molecule has 3 rings (SSSR count). The van der Waals surface area contributed by atoms with E-state index in [1.54, 1.807) is 17.0 Å². The maximum atomic E-state index is 13.2. The number of rotatable bonds is 8. The number of hydrogen-bond acceptors (Lipinski definition) is 5. The quantitative estimate of drug-likeness (QED) is 0.339. The molecule has 0 radical (unpaired) electrons. The van der Waals surface area contributed by atoms with Crippen LogP contribution in [0.3, 0.4) is 0 Å². The molecule has 0 aromatic heterocycles. The molecule has 0 saturated carbocycles. The van der Waals surface area contributed by atoms with E-state index in [0.29, 0.717) is 29.7 Å². The number of carbonyl (C=O) groups excluding carboxylic acids is 2. The minimum absolute atomic E-state index is 0.0442. The molecule has 1 unspecified atom stereocenters. The molecule has 1 aliphatic heterocycles. The lowest BCUT2D eigenvalue weighted by Gasteiger charge is -2.26. The Balaban J connectivity index is 2.15. The minimum Gasteiger partial charge on any atom is -0.507 e. The molecule has 7 heteroatoms. The number of amides is 1. The fourth-order valence-corrected chi connectivity index (χ4v) is 4.26. The lowest BCUT2D eigenvalue weighted by atomic mass is 9.93.